The van der Waals surface area contributed by atoms with Crippen molar-refractivity contribution in [3.05, 3.63) is 65.5 Å². The molecule has 2 rings (SSSR count). The number of urea groups is 1. The number of pyridine rings is 1. The van der Waals surface area contributed by atoms with E-state index in [1.54, 1.807) is 19.2 Å². The van der Waals surface area contributed by atoms with E-state index in [9.17, 15) is 13.6 Å². The highest BCUT2D eigenvalue weighted by Gasteiger charge is 2.14. The molecule has 0 aliphatic carbocycles. The first-order valence-electron chi connectivity index (χ1n) is 6.90. The molecule has 0 spiro atoms. The molecule has 2 atom stereocenters. The number of carbonyl (C=O) groups is 1. The quantitative estimate of drug-likeness (QED) is 0.908. The number of rotatable bonds is 4. The molecule has 0 saturated carbocycles. The van der Waals surface area contributed by atoms with Crippen LogP contribution in [-0.4, -0.2) is 11.0 Å². The van der Waals surface area contributed by atoms with E-state index in [1.807, 2.05) is 19.1 Å². The van der Waals surface area contributed by atoms with Crippen molar-refractivity contribution in [3.8, 4) is 0 Å². The second-order valence-corrected chi connectivity index (χ2v) is 4.99. The topological polar surface area (TPSA) is 54.0 Å². The first-order valence-corrected chi connectivity index (χ1v) is 6.90. The lowest BCUT2D eigenvalue weighted by atomic mass is 10.1. The first kappa shape index (κ1) is 15.9. The number of halogens is 2. The summed E-state index contributed by atoms with van der Waals surface area (Å²) in [5.74, 6) is -1.85. The average Bonchev–Trinajstić information content (AvgIpc) is 2.50. The zero-order valence-electron chi connectivity index (χ0n) is 12.3. The number of benzene rings is 1. The minimum absolute atomic E-state index is 0.265. The summed E-state index contributed by atoms with van der Waals surface area (Å²) >= 11 is 0. The van der Waals surface area contributed by atoms with Crippen molar-refractivity contribution in [2.24, 2.45) is 0 Å². The van der Waals surface area contributed by atoms with Crippen LogP contribution in [-0.2, 0) is 0 Å². The van der Waals surface area contributed by atoms with Gasteiger partial charge in [-0.2, -0.15) is 0 Å². The molecule has 2 N–H and O–H groups in total. The van der Waals surface area contributed by atoms with Crippen LogP contribution in [0.1, 0.15) is 37.2 Å². The summed E-state index contributed by atoms with van der Waals surface area (Å²) < 4.78 is 26.1. The number of hydrogen-bond acceptors (Lipinski definition) is 2. The van der Waals surface area contributed by atoms with E-state index in [0.29, 0.717) is 5.56 Å². The molecule has 22 heavy (non-hydrogen) atoms. The maximum absolute atomic E-state index is 13.2. The number of hydrogen-bond donors (Lipinski definition) is 2. The second-order valence-electron chi connectivity index (χ2n) is 4.99. The van der Waals surface area contributed by atoms with Gasteiger partial charge in [0.1, 0.15) is 0 Å². The lowest BCUT2D eigenvalue weighted by molar-refractivity contribution is 0.234. The average molecular weight is 305 g/mol. The lowest BCUT2D eigenvalue weighted by Crippen LogP contribution is -2.38. The molecule has 1 aromatic heterocycles. The maximum Gasteiger partial charge on any atom is 0.315 e. The van der Waals surface area contributed by atoms with Crippen LogP contribution in [0, 0.1) is 11.6 Å². The molecule has 6 heteroatoms. The van der Waals surface area contributed by atoms with Gasteiger partial charge in [0.05, 0.1) is 17.8 Å². The van der Waals surface area contributed by atoms with Gasteiger partial charge < -0.3 is 10.6 Å². The van der Waals surface area contributed by atoms with Gasteiger partial charge in [0, 0.05) is 6.20 Å². The van der Waals surface area contributed by atoms with Gasteiger partial charge in [-0.25, -0.2) is 13.6 Å². The van der Waals surface area contributed by atoms with Gasteiger partial charge in [0.15, 0.2) is 11.6 Å². The minimum atomic E-state index is -0.937. The molecule has 0 saturated heterocycles. The van der Waals surface area contributed by atoms with Crippen molar-refractivity contribution < 1.29 is 13.6 Å². The summed E-state index contributed by atoms with van der Waals surface area (Å²) in [5.41, 5.74) is 1.22. The lowest BCUT2D eigenvalue weighted by Gasteiger charge is -2.18. The number of amides is 2. The SMILES string of the molecule is C[C@H](NC(=O)N[C@H](C)c1ccc(F)c(F)c1)c1ccccn1. The van der Waals surface area contributed by atoms with E-state index in [4.69, 9.17) is 0 Å². The van der Waals surface area contributed by atoms with Crippen molar-refractivity contribution in [2.75, 3.05) is 0 Å². The van der Waals surface area contributed by atoms with Crippen LogP contribution in [0.5, 0.6) is 0 Å². The third-order valence-electron chi connectivity index (χ3n) is 3.27. The Kier molecular flexibility index (Phi) is 5.04. The number of nitrogens with zero attached hydrogens (tertiary/aromatic N) is 1. The highest BCUT2D eigenvalue weighted by molar-refractivity contribution is 5.74. The Morgan fingerprint density at radius 2 is 1.77 bits per heavy atom. The van der Waals surface area contributed by atoms with E-state index in [2.05, 4.69) is 15.6 Å². The van der Waals surface area contributed by atoms with Crippen molar-refractivity contribution >= 4 is 6.03 Å². The normalized spacial score (nSPS) is 13.3. The molecular weight excluding hydrogens is 288 g/mol. The molecule has 0 aliphatic rings. The van der Waals surface area contributed by atoms with Gasteiger partial charge in [-0.3, -0.25) is 4.98 Å². The smallest absolute Gasteiger partial charge is 0.315 e. The molecule has 116 valence electrons. The van der Waals surface area contributed by atoms with Crippen LogP contribution in [0.4, 0.5) is 13.6 Å². The van der Waals surface area contributed by atoms with E-state index >= 15 is 0 Å². The van der Waals surface area contributed by atoms with Crippen LogP contribution in [0.15, 0.2) is 42.6 Å². The van der Waals surface area contributed by atoms with Crippen LogP contribution in [0.2, 0.25) is 0 Å². The molecule has 1 aromatic carbocycles. The van der Waals surface area contributed by atoms with Crippen molar-refractivity contribution in [3.63, 3.8) is 0 Å². The molecule has 0 radical (unpaired) electrons. The fourth-order valence-corrected chi connectivity index (χ4v) is 2.01. The molecule has 2 amide bonds. The highest BCUT2D eigenvalue weighted by atomic mass is 19.2. The molecule has 2 aromatic rings. The summed E-state index contributed by atoms with van der Waals surface area (Å²) in [5, 5.41) is 5.42. The van der Waals surface area contributed by atoms with Gasteiger partial charge in [-0.15, -0.1) is 0 Å². The molecular formula is C16H17F2N3O. The minimum Gasteiger partial charge on any atom is -0.332 e. The summed E-state index contributed by atoms with van der Waals surface area (Å²) in [7, 11) is 0. The van der Waals surface area contributed by atoms with Crippen LogP contribution < -0.4 is 10.6 Å². The largest absolute Gasteiger partial charge is 0.332 e. The monoisotopic (exact) mass is 305 g/mol. The molecule has 0 unspecified atom stereocenters. The molecule has 0 fully saturated rings. The predicted octanol–water partition coefficient (Wildman–Crippen LogP) is 3.48. The van der Waals surface area contributed by atoms with Gasteiger partial charge in [-0.05, 0) is 43.7 Å². The van der Waals surface area contributed by atoms with Crippen molar-refractivity contribution in [2.45, 2.75) is 25.9 Å². The summed E-state index contributed by atoms with van der Waals surface area (Å²) in [6, 6.07) is 7.86. The molecule has 0 bridgehead atoms. The second kappa shape index (κ2) is 6.98. The van der Waals surface area contributed by atoms with E-state index in [1.165, 1.54) is 6.07 Å². The Hall–Kier alpha value is -2.50. The van der Waals surface area contributed by atoms with Crippen molar-refractivity contribution in [1.29, 1.82) is 0 Å². The Morgan fingerprint density at radius 1 is 1.05 bits per heavy atom. The zero-order chi connectivity index (χ0) is 16.1. The molecule has 1 heterocycles. The predicted molar refractivity (Wildman–Crippen MR) is 79.1 cm³/mol. The molecule has 0 aliphatic heterocycles. The van der Waals surface area contributed by atoms with E-state index in [0.717, 1.165) is 17.8 Å². The van der Waals surface area contributed by atoms with Crippen LogP contribution in [0.25, 0.3) is 0 Å². The van der Waals surface area contributed by atoms with Gasteiger partial charge in [-0.1, -0.05) is 12.1 Å². The maximum atomic E-state index is 13.2. The molecule has 4 nitrogen and oxygen atoms in total. The van der Waals surface area contributed by atoms with Crippen LogP contribution in [0.3, 0.4) is 0 Å². The van der Waals surface area contributed by atoms with Gasteiger partial charge >= 0.3 is 6.03 Å². The number of carbonyl (C=O) groups excluding carboxylic acids is 1. The number of aromatic nitrogens is 1. The van der Waals surface area contributed by atoms with E-state index < -0.39 is 23.7 Å². The Balaban J connectivity index is 1.95. The van der Waals surface area contributed by atoms with E-state index in [-0.39, 0.29) is 6.04 Å². The standard InChI is InChI=1S/C16H17F2N3O/c1-10(12-6-7-13(17)14(18)9-12)20-16(22)21-11(2)15-5-3-4-8-19-15/h3-11H,1-2H3,(H2,20,21,22)/t10-,11+/m1/s1. The highest BCUT2D eigenvalue weighted by Crippen LogP contribution is 2.16. The van der Waals surface area contributed by atoms with Crippen molar-refractivity contribution in [1.82, 2.24) is 15.6 Å². The first-order chi connectivity index (χ1) is 10.5. The van der Waals surface area contributed by atoms with Gasteiger partial charge in [0.25, 0.3) is 0 Å². The van der Waals surface area contributed by atoms with Crippen LogP contribution >= 0.6 is 0 Å². The summed E-state index contributed by atoms with van der Waals surface area (Å²) in [6.45, 7) is 3.50. The summed E-state index contributed by atoms with van der Waals surface area (Å²) in [4.78, 5) is 16.1. The fourth-order valence-electron chi connectivity index (χ4n) is 2.01. The summed E-state index contributed by atoms with van der Waals surface area (Å²) in [6.07, 6.45) is 1.65. The Morgan fingerprint density at radius 3 is 2.41 bits per heavy atom. The van der Waals surface area contributed by atoms with Gasteiger partial charge in [0.2, 0.25) is 0 Å². The zero-order valence-corrected chi connectivity index (χ0v) is 12.3. The Labute approximate surface area is 127 Å². The third-order valence-corrected chi connectivity index (χ3v) is 3.27. The Bertz CT molecular complexity index is 649. The third kappa shape index (κ3) is 4.00. The number of nitrogens with one attached hydrogen (secondary N) is 2. The fraction of sp³-hybridized carbons (Fsp3) is 0.250.